The first-order chi connectivity index (χ1) is 14.4. The van der Waals surface area contributed by atoms with E-state index in [0.717, 1.165) is 36.0 Å². The van der Waals surface area contributed by atoms with E-state index in [1.165, 1.54) is 6.07 Å². The molecule has 1 aromatic heterocycles. The first-order valence-corrected chi connectivity index (χ1v) is 9.91. The van der Waals surface area contributed by atoms with Crippen molar-refractivity contribution in [2.45, 2.75) is 25.6 Å². The Morgan fingerprint density at radius 3 is 2.73 bits per heavy atom. The van der Waals surface area contributed by atoms with Crippen LogP contribution in [0.25, 0.3) is 5.70 Å². The number of benzene rings is 1. The van der Waals surface area contributed by atoms with Gasteiger partial charge in [-0.05, 0) is 49.7 Å². The van der Waals surface area contributed by atoms with Crippen molar-refractivity contribution in [3.05, 3.63) is 57.9 Å². The van der Waals surface area contributed by atoms with Gasteiger partial charge in [-0.25, -0.2) is 10.5 Å². The molecule has 0 aliphatic carbocycles. The third kappa shape index (κ3) is 4.13. The number of fused-ring (bicyclic) bond motifs is 1. The maximum atomic E-state index is 13.1. The van der Waals surface area contributed by atoms with Crippen LogP contribution in [0.5, 0.6) is 0 Å². The summed E-state index contributed by atoms with van der Waals surface area (Å²) in [6.07, 6.45) is 0.428. The Hall–Kier alpha value is -2.65. The van der Waals surface area contributed by atoms with Crippen molar-refractivity contribution in [2.24, 2.45) is 16.0 Å². The van der Waals surface area contributed by atoms with Crippen LogP contribution in [0.3, 0.4) is 0 Å². The number of hydrogen-bond acceptors (Lipinski definition) is 5. The Morgan fingerprint density at radius 2 is 2.03 bits per heavy atom. The van der Waals surface area contributed by atoms with Crippen LogP contribution >= 0.6 is 11.6 Å². The van der Waals surface area contributed by atoms with Gasteiger partial charge in [0.15, 0.2) is 0 Å². The predicted molar refractivity (Wildman–Crippen MR) is 109 cm³/mol. The Morgan fingerprint density at radius 1 is 1.27 bits per heavy atom. The third-order valence-corrected chi connectivity index (χ3v) is 5.82. The van der Waals surface area contributed by atoms with Crippen LogP contribution in [0.15, 0.2) is 46.3 Å². The quantitative estimate of drug-likeness (QED) is 0.548. The maximum absolute atomic E-state index is 13.1. The molecular formula is C20H20ClF3N6. The fourth-order valence-electron chi connectivity index (χ4n) is 3.98. The van der Waals surface area contributed by atoms with E-state index in [2.05, 4.69) is 25.3 Å². The van der Waals surface area contributed by atoms with Gasteiger partial charge in [-0.1, -0.05) is 17.7 Å². The number of likely N-dealkylation sites (tertiary alicyclic amines) is 1. The molecule has 0 bridgehead atoms. The number of allylic oxidation sites excluding steroid dienone is 1. The molecule has 30 heavy (non-hydrogen) atoms. The highest BCUT2D eigenvalue weighted by molar-refractivity contribution is 6.31. The van der Waals surface area contributed by atoms with Crippen LogP contribution in [0.1, 0.15) is 29.5 Å². The first kappa shape index (κ1) is 20.6. The third-order valence-electron chi connectivity index (χ3n) is 5.49. The lowest BCUT2D eigenvalue weighted by molar-refractivity contribution is -0.137. The Labute approximate surface area is 176 Å². The Balaban J connectivity index is 1.45. The highest BCUT2D eigenvalue weighted by Gasteiger charge is 2.33. The molecule has 3 heterocycles. The fourth-order valence-corrected chi connectivity index (χ4v) is 4.21. The Bertz CT molecular complexity index is 1000. The van der Waals surface area contributed by atoms with Gasteiger partial charge in [-0.2, -0.15) is 18.3 Å². The zero-order valence-corrected chi connectivity index (χ0v) is 16.7. The normalized spacial score (nSPS) is 19.3. The summed E-state index contributed by atoms with van der Waals surface area (Å²) in [5.41, 5.74) is 9.81. The SMILES string of the molecule is N=N/C(=C1\NC=Nc2[nH]ccc21)C1CCN(Cc2ccc(Cl)c(C(F)(F)F)c2)CC1. The van der Waals surface area contributed by atoms with Crippen molar-refractivity contribution < 1.29 is 13.2 Å². The van der Waals surface area contributed by atoms with E-state index in [-0.39, 0.29) is 10.9 Å². The van der Waals surface area contributed by atoms with Gasteiger partial charge < -0.3 is 10.3 Å². The minimum atomic E-state index is -4.47. The molecule has 0 radical (unpaired) electrons. The van der Waals surface area contributed by atoms with E-state index >= 15 is 0 Å². The van der Waals surface area contributed by atoms with E-state index in [4.69, 9.17) is 17.1 Å². The summed E-state index contributed by atoms with van der Waals surface area (Å²) < 4.78 is 39.3. The molecule has 0 unspecified atom stereocenters. The minimum absolute atomic E-state index is 0.0893. The number of halogens is 4. The number of H-pyrrole nitrogens is 1. The molecule has 1 aromatic carbocycles. The van der Waals surface area contributed by atoms with E-state index in [0.29, 0.717) is 30.9 Å². The monoisotopic (exact) mass is 436 g/mol. The summed E-state index contributed by atoms with van der Waals surface area (Å²) in [7, 11) is 0. The van der Waals surface area contributed by atoms with Crippen molar-refractivity contribution in [3.63, 3.8) is 0 Å². The van der Waals surface area contributed by atoms with Crippen molar-refractivity contribution in [3.8, 4) is 0 Å². The van der Waals surface area contributed by atoms with Crippen LogP contribution in [0.4, 0.5) is 19.0 Å². The second-order valence-corrected chi connectivity index (χ2v) is 7.78. The molecular weight excluding hydrogens is 417 g/mol. The van der Waals surface area contributed by atoms with Gasteiger partial charge in [0, 0.05) is 24.2 Å². The summed E-state index contributed by atoms with van der Waals surface area (Å²) in [5.74, 6) is 0.817. The van der Waals surface area contributed by atoms with Gasteiger partial charge >= 0.3 is 6.18 Å². The van der Waals surface area contributed by atoms with Crippen LogP contribution in [0.2, 0.25) is 5.02 Å². The molecule has 0 amide bonds. The predicted octanol–water partition coefficient (Wildman–Crippen LogP) is 5.56. The largest absolute Gasteiger partial charge is 0.417 e. The maximum Gasteiger partial charge on any atom is 0.417 e. The number of rotatable bonds is 4. The molecule has 0 saturated carbocycles. The molecule has 2 aromatic rings. The smallest absolute Gasteiger partial charge is 0.346 e. The molecule has 1 saturated heterocycles. The number of aromatic nitrogens is 1. The van der Waals surface area contributed by atoms with E-state index in [1.807, 2.05) is 6.07 Å². The minimum Gasteiger partial charge on any atom is -0.346 e. The summed E-state index contributed by atoms with van der Waals surface area (Å²) in [6, 6.07) is 5.96. The molecule has 2 aliphatic rings. The standard InChI is InChI=1S/C20H20ClF3N6/c21-16-2-1-12(9-15(16)20(22,23)24)10-30-7-4-13(5-8-30)17(29-25)18-14-3-6-26-19(14)28-11-27-18/h1-3,6,9,11,13,25-26H,4-5,7-8,10H2,(H,27,28)/b18-17-,29-25?. The lowest BCUT2D eigenvalue weighted by Crippen LogP contribution is -2.34. The zero-order valence-electron chi connectivity index (χ0n) is 15.9. The summed E-state index contributed by atoms with van der Waals surface area (Å²) in [6.45, 7) is 1.83. The highest BCUT2D eigenvalue weighted by Crippen LogP contribution is 2.37. The zero-order chi connectivity index (χ0) is 21.3. The van der Waals surface area contributed by atoms with E-state index in [1.54, 1.807) is 18.6 Å². The number of nitrogens with zero attached hydrogens (tertiary/aromatic N) is 3. The van der Waals surface area contributed by atoms with Crippen LogP contribution in [-0.2, 0) is 12.7 Å². The van der Waals surface area contributed by atoms with E-state index in [9.17, 15) is 13.2 Å². The molecule has 0 atom stereocenters. The lowest BCUT2D eigenvalue weighted by atomic mass is 9.91. The van der Waals surface area contributed by atoms with Gasteiger partial charge in [-0.15, -0.1) is 0 Å². The van der Waals surface area contributed by atoms with Gasteiger partial charge in [0.25, 0.3) is 0 Å². The molecule has 4 rings (SSSR count). The molecule has 6 nitrogen and oxygen atoms in total. The molecule has 0 spiro atoms. The van der Waals surface area contributed by atoms with Gasteiger partial charge in [0.05, 0.1) is 28.3 Å². The number of aliphatic imine (C=N–C) groups is 1. The molecule has 3 N–H and O–H groups in total. The average Bonchev–Trinajstić information content (AvgIpc) is 3.20. The molecule has 2 aliphatic heterocycles. The fraction of sp³-hybridized carbons (Fsp3) is 0.350. The van der Waals surface area contributed by atoms with Crippen molar-refractivity contribution >= 4 is 29.5 Å². The van der Waals surface area contributed by atoms with E-state index < -0.39 is 11.7 Å². The average molecular weight is 437 g/mol. The van der Waals surface area contributed by atoms with Crippen LogP contribution in [0, 0.1) is 11.4 Å². The van der Waals surface area contributed by atoms with Gasteiger partial charge in [-0.3, -0.25) is 4.90 Å². The van der Waals surface area contributed by atoms with Crippen molar-refractivity contribution in [2.75, 3.05) is 13.1 Å². The number of hydrogen-bond donors (Lipinski definition) is 3. The second-order valence-electron chi connectivity index (χ2n) is 7.38. The van der Waals surface area contributed by atoms with Crippen LogP contribution < -0.4 is 5.32 Å². The first-order valence-electron chi connectivity index (χ1n) is 9.53. The molecule has 1 fully saturated rings. The summed E-state index contributed by atoms with van der Waals surface area (Å²) in [4.78, 5) is 9.39. The number of piperidine rings is 1. The number of aromatic amines is 1. The second kappa shape index (κ2) is 8.23. The van der Waals surface area contributed by atoms with Crippen molar-refractivity contribution in [1.29, 1.82) is 5.53 Å². The topological polar surface area (TPSA) is 79.6 Å². The molecule has 158 valence electrons. The lowest BCUT2D eigenvalue weighted by Gasteiger charge is -2.33. The van der Waals surface area contributed by atoms with Crippen LogP contribution in [-0.4, -0.2) is 29.3 Å². The number of alkyl halides is 3. The van der Waals surface area contributed by atoms with Gasteiger partial charge in [0.2, 0.25) is 0 Å². The highest BCUT2D eigenvalue weighted by atomic mass is 35.5. The molecule has 10 heteroatoms. The van der Waals surface area contributed by atoms with Gasteiger partial charge in [0.1, 0.15) is 5.82 Å². The summed E-state index contributed by atoms with van der Waals surface area (Å²) >= 11 is 5.71. The Kier molecular flexibility index (Phi) is 5.66. The van der Waals surface area contributed by atoms with Crippen molar-refractivity contribution in [1.82, 2.24) is 15.2 Å². The number of nitrogens with one attached hydrogen (secondary N) is 3. The summed E-state index contributed by atoms with van der Waals surface area (Å²) in [5, 5.41) is 6.63.